The minimum Gasteiger partial charge on any atom is -0.458 e. The molecule has 1 saturated heterocycles. The maximum Gasteiger partial charge on any atom is 0.269 e. The average Bonchev–Trinajstić information content (AvgIpc) is 4.12. The van der Waals surface area contributed by atoms with Crippen LogP contribution in [0.5, 0.6) is 11.5 Å². The van der Waals surface area contributed by atoms with Gasteiger partial charge in [0.2, 0.25) is 0 Å². The first-order chi connectivity index (χ1) is 32.9. The molecule has 1 aliphatic heterocycles. The predicted molar refractivity (Wildman–Crippen MR) is 235 cm³/mol. The Morgan fingerprint density at radius 1 is 0.569 bits per heavy atom. The Morgan fingerprint density at radius 3 is 1.98 bits per heavy atom. The number of imidazole rings is 1. The molecule has 0 aliphatic carbocycles. The lowest BCUT2D eigenvalue weighted by Gasteiger charge is -2.17. The number of nitrogens with zero attached hydrogens (tertiary/aromatic N) is 5. The summed E-state index contributed by atoms with van der Waals surface area (Å²) >= 11 is 0. The molecule has 1 fully saturated rings. The summed E-state index contributed by atoms with van der Waals surface area (Å²) in [5, 5.41) is 2.15. The van der Waals surface area contributed by atoms with Crippen LogP contribution in [0.4, 0.5) is 5.82 Å². The van der Waals surface area contributed by atoms with Crippen LogP contribution in [0.25, 0.3) is 72.3 Å². The minimum absolute atomic E-state index is 0.126. The Labute approximate surface area is 351 Å². The van der Waals surface area contributed by atoms with Crippen LogP contribution in [0.15, 0.2) is 188 Å². The molecule has 3 aromatic heterocycles. The molecule has 0 saturated carbocycles. The molecule has 0 amide bonds. The largest absolute Gasteiger partial charge is 0.458 e. The van der Waals surface area contributed by atoms with Crippen molar-refractivity contribution in [1.82, 2.24) is 14.1 Å². The molecule has 7 aromatic carbocycles. The minimum atomic E-state index is -0.563. The first-order valence-corrected chi connectivity index (χ1v) is 19.2. The highest BCUT2D eigenvalue weighted by molar-refractivity contribution is 6.09. The normalized spacial score (nSPS) is 15.3. The van der Waals surface area contributed by atoms with Crippen LogP contribution in [0, 0.1) is 6.33 Å². The summed E-state index contributed by atoms with van der Waals surface area (Å²) in [5.74, 6) is 2.89. The molecule has 58 heavy (non-hydrogen) atoms. The highest BCUT2D eigenvalue weighted by atomic mass is 16.5. The van der Waals surface area contributed by atoms with Crippen molar-refractivity contribution < 1.29 is 23.0 Å². The third-order valence-electron chi connectivity index (χ3n) is 10.7. The molecule has 278 valence electrons. The van der Waals surface area contributed by atoms with Crippen molar-refractivity contribution >= 4 is 38.7 Å². The van der Waals surface area contributed by atoms with Crippen molar-refractivity contribution in [2.24, 2.45) is 0 Å². The van der Waals surface area contributed by atoms with E-state index in [2.05, 4.69) is 46.1 Å². The van der Waals surface area contributed by atoms with Gasteiger partial charge in [-0.2, -0.15) is 0 Å². The van der Waals surface area contributed by atoms with Crippen molar-refractivity contribution in [2.75, 3.05) is 18.0 Å². The van der Waals surface area contributed by atoms with E-state index in [1.807, 2.05) is 78.9 Å². The van der Waals surface area contributed by atoms with Gasteiger partial charge in [-0.15, -0.1) is 0 Å². The fraction of sp³-hybridized carbons (Fsp3) is 0.0769. The number of fused-ring (bicyclic) bond motifs is 4. The van der Waals surface area contributed by atoms with Gasteiger partial charge in [0.25, 0.3) is 6.33 Å². The zero-order valence-corrected chi connectivity index (χ0v) is 31.1. The standard InChI is InChI=1S/C52H39N5O/c1-3-16-37(17-4-1)42-23-14-24-43(38-18-5-2-6-19-38)52(42)56-36-55(47-26-9-10-27-48(47)56)39-20-13-21-40(34-39)58-41-30-31-45-44-22-7-8-25-46(44)57(49(45)35-41)51-29-15-28-50(53-51)54-32-11-12-33-54/h1-10,13-31,34-35H,11-12,32-33H2/i1D,2D,3D,4D,5D,6D,16D,17D,18D,19D. The van der Waals surface area contributed by atoms with Gasteiger partial charge < -0.3 is 9.64 Å². The summed E-state index contributed by atoms with van der Waals surface area (Å²) in [6.45, 7) is 1.96. The SMILES string of the molecule is [2H]c1c([2H])c([2H])c(-c2cccc(-c3c([2H])c([2H])c([2H])c([2H])c3[2H])c2-[n+]2[c-]n(-c3cccc(Oc4ccc5c6ccccc6n(-c6cccc(N7CCCC7)n6)c5c4)c3)c3ccccc32)c([2H])c1[2H]. The maximum atomic E-state index is 9.00. The second-order valence-electron chi connectivity index (χ2n) is 14.1. The number of hydrogen-bond acceptors (Lipinski definition) is 3. The van der Waals surface area contributed by atoms with Crippen LogP contribution < -0.4 is 14.2 Å². The first kappa shape index (κ1) is 24.9. The van der Waals surface area contributed by atoms with E-state index >= 15 is 0 Å². The van der Waals surface area contributed by atoms with E-state index < -0.39 is 60.4 Å². The quantitative estimate of drug-likeness (QED) is 0.114. The highest BCUT2D eigenvalue weighted by Gasteiger charge is 2.21. The number of aromatic nitrogens is 4. The molecular formula is C52H39N5O. The lowest BCUT2D eigenvalue weighted by molar-refractivity contribution is -0.571. The Kier molecular flexibility index (Phi) is 6.13. The molecule has 0 unspecified atom stereocenters. The van der Waals surface area contributed by atoms with Crippen LogP contribution in [-0.4, -0.2) is 27.2 Å². The van der Waals surface area contributed by atoms with E-state index in [1.54, 1.807) is 27.3 Å². The summed E-state index contributed by atoms with van der Waals surface area (Å²) in [6.07, 6.45) is 5.73. The van der Waals surface area contributed by atoms with Crippen LogP contribution in [-0.2, 0) is 0 Å². The molecule has 11 rings (SSSR count). The molecule has 6 heteroatoms. The Balaban J connectivity index is 1.07. The van der Waals surface area contributed by atoms with Crippen molar-refractivity contribution in [2.45, 2.75) is 12.8 Å². The number of para-hydroxylation sites is 4. The molecule has 0 spiro atoms. The third kappa shape index (κ3) is 5.89. The highest BCUT2D eigenvalue weighted by Crippen LogP contribution is 2.37. The third-order valence-corrected chi connectivity index (χ3v) is 10.7. The van der Waals surface area contributed by atoms with Crippen LogP contribution >= 0.6 is 0 Å². The average molecular weight is 760 g/mol. The van der Waals surface area contributed by atoms with E-state index in [0.717, 1.165) is 59.4 Å². The second kappa shape index (κ2) is 14.3. The summed E-state index contributed by atoms with van der Waals surface area (Å²) in [6, 6.07) is 34.9. The van der Waals surface area contributed by atoms with Gasteiger partial charge in [0.15, 0.2) is 0 Å². The van der Waals surface area contributed by atoms with Crippen LogP contribution in [0.3, 0.4) is 0 Å². The summed E-state index contributed by atoms with van der Waals surface area (Å²) in [4.78, 5) is 7.47. The molecular weight excluding hydrogens is 711 g/mol. The Hall–Kier alpha value is -7.44. The zero-order chi connectivity index (χ0) is 47.1. The number of benzene rings is 7. The molecule has 0 atom stereocenters. The van der Waals surface area contributed by atoms with Crippen molar-refractivity contribution in [3.05, 3.63) is 194 Å². The predicted octanol–water partition coefficient (Wildman–Crippen LogP) is 11.9. The molecule has 0 radical (unpaired) electrons. The van der Waals surface area contributed by atoms with E-state index in [-0.39, 0.29) is 27.9 Å². The monoisotopic (exact) mass is 759 g/mol. The lowest BCUT2D eigenvalue weighted by atomic mass is 9.95. The number of hydrogen-bond donors (Lipinski definition) is 0. The molecule has 0 N–H and O–H groups in total. The van der Waals surface area contributed by atoms with Crippen molar-refractivity contribution in [3.63, 3.8) is 0 Å². The van der Waals surface area contributed by atoms with Gasteiger partial charge in [-0.1, -0.05) is 133 Å². The number of rotatable bonds is 8. The zero-order valence-electron chi connectivity index (χ0n) is 41.1. The molecule has 6 nitrogen and oxygen atoms in total. The van der Waals surface area contributed by atoms with Gasteiger partial charge in [-0.25, -0.2) is 4.98 Å². The maximum absolute atomic E-state index is 9.00. The Morgan fingerprint density at radius 2 is 1.21 bits per heavy atom. The summed E-state index contributed by atoms with van der Waals surface area (Å²) in [7, 11) is 0. The van der Waals surface area contributed by atoms with Gasteiger partial charge in [0, 0.05) is 29.9 Å². The van der Waals surface area contributed by atoms with Gasteiger partial charge in [-0.05, 0) is 83.6 Å². The number of pyridine rings is 1. The van der Waals surface area contributed by atoms with Crippen LogP contribution in [0.2, 0.25) is 0 Å². The van der Waals surface area contributed by atoms with Crippen LogP contribution in [0.1, 0.15) is 26.5 Å². The molecule has 0 bridgehead atoms. The second-order valence-corrected chi connectivity index (χ2v) is 14.1. The van der Waals surface area contributed by atoms with E-state index in [4.69, 9.17) is 23.4 Å². The summed E-state index contributed by atoms with van der Waals surface area (Å²) < 4.78 is 99.1. The van der Waals surface area contributed by atoms with E-state index in [1.165, 1.54) is 0 Å². The number of anilines is 1. The molecule has 10 aromatic rings. The van der Waals surface area contributed by atoms with E-state index in [0.29, 0.717) is 28.2 Å². The molecule has 1 aliphatic rings. The summed E-state index contributed by atoms with van der Waals surface area (Å²) in [5.41, 5.74) is 4.09. The lowest BCUT2D eigenvalue weighted by Crippen LogP contribution is -2.31. The van der Waals surface area contributed by atoms with Crippen molar-refractivity contribution in [1.29, 1.82) is 0 Å². The smallest absolute Gasteiger partial charge is 0.269 e. The molecule has 4 heterocycles. The van der Waals surface area contributed by atoms with Gasteiger partial charge in [0.05, 0.1) is 47.1 Å². The van der Waals surface area contributed by atoms with Gasteiger partial charge in [-0.3, -0.25) is 13.7 Å². The van der Waals surface area contributed by atoms with Crippen molar-refractivity contribution in [3.8, 4) is 50.9 Å². The van der Waals surface area contributed by atoms with Gasteiger partial charge >= 0.3 is 0 Å². The first-order valence-electron chi connectivity index (χ1n) is 24.2. The Bertz CT molecular complexity index is 3570. The number of ether oxygens (including phenoxy) is 1. The topological polar surface area (TPSA) is 39.1 Å². The van der Waals surface area contributed by atoms with E-state index in [9.17, 15) is 0 Å². The fourth-order valence-electron chi connectivity index (χ4n) is 8.12. The fourth-order valence-corrected chi connectivity index (χ4v) is 8.12. The van der Waals surface area contributed by atoms with Gasteiger partial charge in [0.1, 0.15) is 23.1 Å².